The van der Waals surface area contributed by atoms with Crippen molar-refractivity contribution in [1.82, 2.24) is 4.90 Å². The molecule has 1 saturated heterocycles. The highest BCUT2D eigenvalue weighted by molar-refractivity contribution is 8.18. The molecule has 0 spiro atoms. The van der Waals surface area contributed by atoms with E-state index in [1.54, 1.807) is 30.3 Å². The lowest BCUT2D eigenvalue weighted by atomic mass is 10.2. The van der Waals surface area contributed by atoms with Crippen molar-refractivity contribution in [2.45, 2.75) is 0 Å². The molecule has 2 aromatic carbocycles. The fourth-order valence-electron chi connectivity index (χ4n) is 2.48. The third-order valence-corrected chi connectivity index (χ3v) is 4.77. The van der Waals surface area contributed by atoms with Gasteiger partial charge >= 0.3 is 0 Å². The van der Waals surface area contributed by atoms with Gasteiger partial charge in [-0.3, -0.25) is 19.3 Å². The SMILES string of the molecule is C=CCN1C(=O)S/C(=C/c2ccc(OCC(=O)Nc3ccc(F)cc3)cc2)C1=O. The van der Waals surface area contributed by atoms with Crippen LogP contribution in [0.25, 0.3) is 6.08 Å². The number of thioether (sulfide) groups is 1. The Morgan fingerprint density at radius 3 is 2.48 bits per heavy atom. The minimum absolute atomic E-state index is 0.175. The maximum atomic E-state index is 12.9. The molecule has 0 aliphatic carbocycles. The highest BCUT2D eigenvalue weighted by Crippen LogP contribution is 2.32. The van der Waals surface area contributed by atoms with Gasteiger partial charge in [-0.25, -0.2) is 4.39 Å². The highest BCUT2D eigenvalue weighted by Gasteiger charge is 2.33. The van der Waals surface area contributed by atoms with Crippen molar-refractivity contribution in [1.29, 1.82) is 0 Å². The summed E-state index contributed by atoms with van der Waals surface area (Å²) < 4.78 is 18.3. The van der Waals surface area contributed by atoms with E-state index < -0.39 is 0 Å². The maximum absolute atomic E-state index is 12.9. The Morgan fingerprint density at radius 1 is 1.14 bits per heavy atom. The summed E-state index contributed by atoms with van der Waals surface area (Å²) in [5.41, 5.74) is 1.19. The van der Waals surface area contributed by atoms with Crippen LogP contribution in [0.2, 0.25) is 0 Å². The molecule has 6 nitrogen and oxygen atoms in total. The first-order valence-electron chi connectivity index (χ1n) is 8.61. The Kier molecular flexibility index (Phi) is 6.46. The molecule has 1 aliphatic heterocycles. The van der Waals surface area contributed by atoms with Gasteiger partial charge in [0, 0.05) is 12.2 Å². The summed E-state index contributed by atoms with van der Waals surface area (Å²) in [6, 6.07) is 12.2. The molecule has 0 atom stereocenters. The second kappa shape index (κ2) is 9.20. The highest BCUT2D eigenvalue weighted by atomic mass is 32.2. The number of halogens is 1. The van der Waals surface area contributed by atoms with Crippen LogP contribution in [0.4, 0.5) is 14.9 Å². The van der Waals surface area contributed by atoms with E-state index >= 15 is 0 Å². The van der Waals surface area contributed by atoms with Gasteiger partial charge < -0.3 is 10.1 Å². The summed E-state index contributed by atoms with van der Waals surface area (Å²) in [6.45, 7) is 3.50. The molecular formula is C21H17FN2O4S. The molecule has 0 radical (unpaired) electrons. The molecule has 1 aliphatic rings. The Labute approximate surface area is 171 Å². The molecule has 3 rings (SSSR count). The van der Waals surface area contributed by atoms with Crippen molar-refractivity contribution in [2.24, 2.45) is 0 Å². The molecule has 2 aromatic rings. The summed E-state index contributed by atoms with van der Waals surface area (Å²) in [4.78, 5) is 37.4. The fraction of sp³-hybridized carbons (Fsp3) is 0.0952. The molecule has 8 heteroatoms. The molecule has 3 amide bonds. The normalized spacial score (nSPS) is 14.9. The number of ether oxygens (including phenoxy) is 1. The Balaban J connectivity index is 1.55. The summed E-state index contributed by atoms with van der Waals surface area (Å²) >= 11 is 0.880. The number of nitrogens with zero attached hydrogens (tertiary/aromatic N) is 1. The fourth-order valence-corrected chi connectivity index (χ4v) is 3.33. The van der Waals surface area contributed by atoms with Crippen LogP contribution in [0.15, 0.2) is 66.1 Å². The van der Waals surface area contributed by atoms with Gasteiger partial charge in [-0.2, -0.15) is 0 Å². The zero-order valence-electron chi connectivity index (χ0n) is 15.3. The average molecular weight is 412 g/mol. The number of hydrogen-bond acceptors (Lipinski definition) is 5. The van der Waals surface area contributed by atoms with Crippen LogP contribution in [0, 0.1) is 5.82 Å². The van der Waals surface area contributed by atoms with Gasteiger partial charge in [0.25, 0.3) is 17.1 Å². The van der Waals surface area contributed by atoms with Crippen LogP contribution in [-0.4, -0.2) is 35.1 Å². The zero-order valence-corrected chi connectivity index (χ0v) is 16.1. The Morgan fingerprint density at radius 2 is 1.83 bits per heavy atom. The van der Waals surface area contributed by atoms with E-state index in [9.17, 15) is 18.8 Å². The molecule has 0 aromatic heterocycles. The molecule has 148 valence electrons. The van der Waals surface area contributed by atoms with E-state index in [2.05, 4.69) is 11.9 Å². The second-order valence-electron chi connectivity index (χ2n) is 5.99. The summed E-state index contributed by atoms with van der Waals surface area (Å²) in [7, 11) is 0. The number of anilines is 1. The number of carbonyl (C=O) groups is 3. The quantitative estimate of drug-likeness (QED) is 0.548. The number of hydrogen-bond donors (Lipinski definition) is 1. The average Bonchev–Trinajstić information content (AvgIpc) is 2.97. The van der Waals surface area contributed by atoms with Gasteiger partial charge in [-0.1, -0.05) is 18.2 Å². The van der Waals surface area contributed by atoms with Gasteiger partial charge in [0.05, 0.1) is 4.91 Å². The second-order valence-corrected chi connectivity index (χ2v) is 6.99. The third-order valence-electron chi connectivity index (χ3n) is 3.86. The summed E-state index contributed by atoms with van der Waals surface area (Å²) in [5.74, 6) is -0.643. The molecular weight excluding hydrogens is 395 g/mol. The first-order chi connectivity index (χ1) is 14.0. The standard InChI is InChI=1S/C21H17FN2O4S/c1-2-11-24-20(26)18(29-21(24)27)12-14-3-9-17(10-4-14)28-13-19(25)23-16-7-5-15(22)6-8-16/h2-10,12H,1,11,13H2,(H,23,25)/b18-12+. The minimum Gasteiger partial charge on any atom is -0.484 e. The van der Waals surface area contributed by atoms with Crippen molar-refractivity contribution in [3.8, 4) is 5.75 Å². The first kappa shape index (κ1) is 20.3. The third kappa shape index (κ3) is 5.32. The van der Waals surface area contributed by atoms with E-state index in [1.165, 1.54) is 30.3 Å². The van der Waals surface area contributed by atoms with Gasteiger partial charge in [0.15, 0.2) is 6.61 Å². The molecule has 0 saturated carbocycles. The lowest BCUT2D eigenvalue weighted by Crippen LogP contribution is -2.27. The lowest BCUT2D eigenvalue weighted by molar-refractivity contribution is -0.122. The van der Waals surface area contributed by atoms with Gasteiger partial charge in [0.1, 0.15) is 11.6 Å². The van der Waals surface area contributed by atoms with E-state index in [4.69, 9.17) is 4.74 Å². The van der Waals surface area contributed by atoms with Crippen LogP contribution in [0.1, 0.15) is 5.56 Å². The Bertz CT molecular complexity index is 971. The maximum Gasteiger partial charge on any atom is 0.293 e. The van der Waals surface area contributed by atoms with Crippen molar-refractivity contribution in [3.63, 3.8) is 0 Å². The number of benzene rings is 2. The van der Waals surface area contributed by atoms with E-state index in [-0.39, 0.29) is 36.0 Å². The van der Waals surface area contributed by atoms with Crippen molar-refractivity contribution < 1.29 is 23.5 Å². The minimum atomic E-state index is -0.384. The van der Waals surface area contributed by atoms with Crippen LogP contribution >= 0.6 is 11.8 Å². The van der Waals surface area contributed by atoms with Crippen molar-refractivity contribution >= 4 is 40.6 Å². The van der Waals surface area contributed by atoms with E-state index in [0.29, 0.717) is 16.3 Å². The number of carbonyl (C=O) groups excluding carboxylic acids is 3. The Hall–Kier alpha value is -3.39. The number of rotatable bonds is 7. The predicted octanol–water partition coefficient (Wildman–Crippen LogP) is 4.07. The molecule has 0 unspecified atom stereocenters. The van der Waals surface area contributed by atoms with Crippen LogP contribution in [0.3, 0.4) is 0 Å². The monoisotopic (exact) mass is 412 g/mol. The topological polar surface area (TPSA) is 75.7 Å². The molecule has 1 N–H and O–H groups in total. The van der Waals surface area contributed by atoms with Gasteiger partial charge in [-0.05, 0) is 59.8 Å². The largest absolute Gasteiger partial charge is 0.484 e. The van der Waals surface area contributed by atoms with E-state index in [0.717, 1.165) is 22.2 Å². The molecule has 1 fully saturated rings. The first-order valence-corrected chi connectivity index (χ1v) is 9.42. The molecule has 1 heterocycles. The van der Waals surface area contributed by atoms with E-state index in [1.807, 2.05) is 0 Å². The van der Waals surface area contributed by atoms with Crippen molar-refractivity contribution in [2.75, 3.05) is 18.5 Å². The number of amides is 3. The van der Waals surface area contributed by atoms with Crippen LogP contribution < -0.4 is 10.1 Å². The van der Waals surface area contributed by atoms with Gasteiger partial charge in [-0.15, -0.1) is 6.58 Å². The molecule has 29 heavy (non-hydrogen) atoms. The van der Waals surface area contributed by atoms with Crippen molar-refractivity contribution in [3.05, 3.63) is 77.5 Å². The summed E-state index contributed by atoms with van der Waals surface area (Å²) in [6.07, 6.45) is 3.12. The van der Waals surface area contributed by atoms with Crippen LogP contribution in [-0.2, 0) is 9.59 Å². The summed E-state index contributed by atoms with van der Waals surface area (Å²) in [5, 5.41) is 2.27. The number of nitrogens with one attached hydrogen (secondary N) is 1. The zero-order chi connectivity index (χ0) is 20.8. The molecule has 0 bridgehead atoms. The van der Waals surface area contributed by atoms with Gasteiger partial charge in [0.2, 0.25) is 0 Å². The predicted molar refractivity (Wildman–Crippen MR) is 110 cm³/mol. The number of imide groups is 1. The van der Waals surface area contributed by atoms with Crippen LogP contribution in [0.5, 0.6) is 5.75 Å². The lowest BCUT2D eigenvalue weighted by Gasteiger charge is -2.08. The smallest absolute Gasteiger partial charge is 0.293 e.